The number of nitrogens with one attached hydrogen (secondary N) is 2. The summed E-state index contributed by atoms with van der Waals surface area (Å²) in [5.74, 6) is -0.321. The summed E-state index contributed by atoms with van der Waals surface area (Å²) in [4.78, 5) is 25.4. The van der Waals surface area contributed by atoms with Crippen molar-refractivity contribution in [3.05, 3.63) is 83.7 Å². The zero-order valence-electron chi connectivity index (χ0n) is 15.9. The van der Waals surface area contributed by atoms with Gasteiger partial charge in [0.2, 0.25) is 0 Å². The van der Waals surface area contributed by atoms with Crippen LogP contribution in [0.15, 0.2) is 66.7 Å². The van der Waals surface area contributed by atoms with Gasteiger partial charge in [0.25, 0.3) is 11.8 Å². The Kier molecular flexibility index (Phi) is 6.09. The molecule has 0 aromatic heterocycles. The Morgan fingerprint density at radius 1 is 0.793 bits per heavy atom. The molecule has 6 nitrogen and oxygen atoms in total. The summed E-state index contributed by atoms with van der Waals surface area (Å²) in [6.07, 6.45) is 0. The van der Waals surface area contributed by atoms with Gasteiger partial charge in [0.1, 0.15) is 17.3 Å². The van der Waals surface area contributed by atoms with E-state index in [4.69, 9.17) is 9.47 Å². The third-order valence-corrected chi connectivity index (χ3v) is 4.14. The molecule has 0 spiro atoms. The molecule has 7 heteroatoms. The lowest BCUT2D eigenvalue weighted by atomic mass is 10.1. The van der Waals surface area contributed by atoms with Crippen molar-refractivity contribution in [2.45, 2.75) is 0 Å². The van der Waals surface area contributed by atoms with Crippen LogP contribution in [-0.2, 0) is 0 Å². The number of ether oxygens (including phenoxy) is 2. The first-order valence-electron chi connectivity index (χ1n) is 8.70. The van der Waals surface area contributed by atoms with Gasteiger partial charge in [-0.25, -0.2) is 4.39 Å². The predicted octanol–water partition coefficient (Wildman–Crippen LogP) is 4.35. The van der Waals surface area contributed by atoms with E-state index in [-0.39, 0.29) is 5.56 Å². The molecule has 0 unspecified atom stereocenters. The average molecular weight is 394 g/mol. The lowest BCUT2D eigenvalue weighted by molar-refractivity contribution is 0.102. The Morgan fingerprint density at radius 2 is 1.41 bits per heavy atom. The van der Waals surface area contributed by atoms with Crippen LogP contribution in [0.2, 0.25) is 0 Å². The minimum absolute atomic E-state index is 0.264. The van der Waals surface area contributed by atoms with E-state index in [0.717, 1.165) is 0 Å². The molecule has 0 fully saturated rings. The standard InChI is InChI=1S/C22H19FN2O4/c1-28-17-11-14(12-18(13-17)29-2)21(26)25-20-6-4-3-5-19(20)22(27)24-16-9-7-15(23)8-10-16/h3-13H,1-2H3,(H,24,27)(H,25,26). The molecular formula is C22H19FN2O4. The molecule has 148 valence electrons. The van der Waals surface area contributed by atoms with Crippen molar-refractivity contribution in [1.82, 2.24) is 0 Å². The van der Waals surface area contributed by atoms with E-state index in [0.29, 0.717) is 28.4 Å². The Labute approximate surface area is 167 Å². The largest absolute Gasteiger partial charge is 0.497 e. The molecule has 3 aromatic carbocycles. The van der Waals surface area contributed by atoms with E-state index in [1.54, 1.807) is 42.5 Å². The fourth-order valence-electron chi connectivity index (χ4n) is 2.65. The SMILES string of the molecule is COc1cc(OC)cc(C(=O)Nc2ccccc2C(=O)Nc2ccc(F)cc2)c1. The zero-order chi connectivity index (χ0) is 20.8. The molecule has 0 heterocycles. The van der Waals surface area contributed by atoms with E-state index < -0.39 is 17.6 Å². The summed E-state index contributed by atoms with van der Waals surface area (Å²) in [7, 11) is 2.98. The minimum Gasteiger partial charge on any atom is -0.497 e. The first-order chi connectivity index (χ1) is 14.0. The highest BCUT2D eigenvalue weighted by Crippen LogP contribution is 2.24. The van der Waals surface area contributed by atoms with Crippen molar-refractivity contribution < 1.29 is 23.5 Å². The molecule has 0 radical (unpaired) electrons. The van der Waals surface area contributed by atoms with Crippen LogP contribution in [0.5, 0.6) is 11.5 Å². The van der Waals surface area contributed by atoms with Crippen molar-refractivity contribution >= 4 is 23.2 Å². The summed E-state index contributed by atoms with van der Waals surface area (Å²) in [6.45, 7) is 0. The molecular weight excluding hydrogens is 375 g/mol. The maximum Gasteiger partial charge on any atom is 0.257 e. The fraction of sp³-hybridized carbons (Fsp3) is 0.0909. The summed E-state index contributed by atoms with van der Waals surface area (Å²) < 4.78 is 23.4. The maximum atomic E-state index is 13.0. The summed E-state index contributed by atoms with van der Waals surface area (Å²) in [6, 6.07) is 16.8. The van der Waals surface area contributed by atoms with Crippen LogP contribution in [0.4, 0.5) is 15.8 Å². The van der Waals surface area contributed by atoms with E-state index in [9.17, 15) is 14.0 Å². The number of amides is 2. The van der Waals surface area contributed by atoms with Gasteiger partial charge in [-0.3, -0.25) is 9.59 Å². The number of carbonyl (C=O) groups is 2. The van der Waals surface area contributed by atoms with Gasteiger partial charge in [-0.2, -0.15) is 0 Å². The molecule has 0 saturated carbocycles. The number of halogens is 1. The third kappa shape index (κ3) is 4.90. The van der Waals surface area contributed by atoms with Crippen molar-refractivity contribution in [1.29, 1.82) is 0 Å². The van der Waals surface area contributed by atoms with Gasteiger partial charge < -0.3 is 20.1 Å². The van der Waals surface area contributed by atoms with Crippen LogP contribution in [-0.4, -0.2) is 26.0 Å². The van der Waals surface area contributed by atoms with Crippen LogP contribution in [0.25, 0.3) is 0 Å². The summed E-state index contributed by atoms with van der Waals surface area (Å²) in [5, 5.41) is 5.41. The van der Waals surface area contributed by atoms with Gasteiger partial charge in [0.05, 0.1) is 25.5 Å². The van der Waals surface area contributed by atoms with Gasteiger partial charge in [-0.15, -0.1) is 0 Å². The quantitative estimate of drug-likeness (QED) is 0.652. The van der Waals surface area contributed by atoms with E-state index in [1.165, 1.54) is 38.5 Å². The molecule has 0 saturated heterocycles. The van der Waals surface area contributed by atoms with Crippen molar-refractivity contribution in [3.8, 4) is 11.5 Å². The highest BCUT2D eigenvalue weighted by Gasteiger charge is 2.16. The number of methoxy groups -OCH3 is 2. The number of para-hydroxylation sites is 1. The smallest absolute Gasteiger partial charge is 0.257 e. The molecule has 0 bridgehead atoms. The molecule has 2 N–H and O–H groups in total. The van der Waals surface area contributed by atoms with Gasteiger partial charge in [0, 0.05) is 17.3 Å². The number of anilines is 2. The molecule has 29 heavy (non-hydrogen) atoms. The minimum atomic E-state index is -0.435. The summed E-state index contributed by atoms with van der Waals surface area (Å²) >= 11 is 0. The second kappa shape index (κ2) is 8.88. The van der Waals surface area contributed by atoms with Crippen LogP contribution in [0.3, 0.4) is 0 Å². The molecule has 0 aliphatic rings. The van der Waals surface area contributed by atoms with Crippen LogP contribution >= 0.6 is 0 Å². The van der Waals surface area contributed by atoms with Gasteiger partial charge in [0.15, 0.2) is 0 Å². The second-order valence-corrected chi connectivity index (χ2v) is 6.06. The van der Waals surface area contributed by atoms with Crippen LogP contribution < -0.4 is 20.1 Å². The van der Waals surface area contributed by atoms with Gasteiger partial charge in [-0.05, 0) is 48.5 Å². The Morgan fingerprint density at radius 3 is 2.03 bits per heavy atom. The lowest BCUT2D eigenvalue weighted by Crippen LogP contribution is -2.18. The van der Waals surface area contributed by atoms with E-state index >= 15 is 0 Å². The Hall–Kier alpha value is -3.87. The lowest BCUT2D eigenvalue weighted by Gasteiger charge is -2.13. The molecule has 3 rings (SSSR count). The number of hydrogen-bond acceptors (Lipinski definition) is 4. The predicted molar refractivity (Wildman–Crippen MR) is 108 cm³/mol. The highest BCUT2D eigenvalue weighted by atomic mass is 19.1. The van der Waals surface area contributed by atoms with Crippen molar-refractivity contribution in [3.63, 3.8) is 0 Å². The van der Waals surface area contributed by atoms with Crippen LogP contribution in [0.1, 0.15) is 20.7 Å². The van der Waals surface area contributed by atoms with Crippen molar-refractivity contribution in [2.24, 2.45) is 0 Å². The van der Waals surface area contributed by atoms with E-state index in [2.05, 4.69) is 10.6 Å². The first kappa shape index (κ1) is 19.9. The van der Waals surface area contributed by atoms with E-state index in [1.807, 2.05) is 0 Å². The van der Waals surface area contributed by atoms with Crippen molar-refractivity contribution in [2.75, 3.05) is 24.9 Å². The number of hydrogen-bond donors (Lipinski definition) is 2. The molecule has 0 atom stereocenters. The maximum absolute atomic E-state index is 13.0. The fourth-order valence-corrected chi connectivity index (χ4v) is 2.65. The Balaban J connectivity index is 1.82. The number of carbonyl (C=O) groups excluding carboxylic acids is 2. The molecule has 3 aromatic rings. The third-order valence-electron chi connectivity index (χ3n) is 4.14. The summed E-state index contributed by atoms with van der Waals surface area (Å²) in [5.41, 5.74) is 1.35. The molecule has 0 aliphatic heterocycles. The second-order valence-electron chi connectivity index (χ2n) is 6.06. The highest BCUT2D eigenvalue weighted by molar-refractivity contribution is 6.12. The van der Waals surface area contributed by atoms with Crippen LogP contribution in [0, 0.1) is 5.82 Å². The molecule has 2 amide bonds. The number of benzene rings is 3. The normalized spacial score (nSPS) is 10.2. The van der Waals surface area contributed by atoms with Gasteiger partial charge in [-0.1, -0.05) is 12.1 Å². The topological polar surface area (TPSA) is 76.7 Å². The first-order valence-corrected chi connectivity index (χ1v) is 8.70. The zero-order valence-corrected chi connectivity index (χ0v) is 15.9. The number of rotatable bonds is 6. The Bertz CT molecular complexity index is 1010. The molecule has 0 aliphatic carbocycles. The average Bonchev–Trinajstić information content (AvgIpc) is 2.75. The van der Waals surface area contributed by atoms with Gasteiger partial charge >= 0.3 is 0 Å². The monoisotopic (exact) mass is 394 g/mol.